The highest BCUT2D eigenvalue weighted by molar-refractivity contribution is 14.0. The number of carbonyl (C=O) groups is 1. The Hall–Kier alpha value is -1.20. The number of hydrogen-bond donors (Lipinski definition) is 1. The number of carbonyl (C=O) groups excluding carboxylic acids is 1. The van der Waals surface area contributed by atoms with E-state index in [1.54, 1.807) is 0 Å². The van der Waals surface area contributed by atoms with E-state index in [1.165, 1.54) is 0 Å². The zero-order valence-electron chi connectivity index (χ0n) is 19.4. The highest BCUT2D eigenvalue weighted by atomic mass is 127. The molecule has 0 bridgehead atoms. The molecule has 9 heteroatoms. The van der Waals surface area contributed by atoms with E-state index in [9.17, 15) is 9.00 Å². The first-order valence-electron chi connectivity index (χ1n) is 11.5. The Bertz CT molecular complexity index is 750. The van der Waals surface area contributed by atoms with Crippen molar-refractivity contribution in [2.24, 2.45) is 4.99 Å². The van der Waals surface area contributed by atoms with Crippen LogP contribution in [0.2, 0.25) is 0 Å². The lowest BCUT2D eigenvalue weighted by molar-refractivity contribution is -0.135. The predicted molar refractivity (Wildman–Crippen MR) is 143 cm³/mol. The van der Waals surface area contributed by atoms with Gasteiger partial charge in [-0.25, -0.2) is 0 Å². The van der Waals surface area contributed by atoms with Crippen molar-refractivity contribution in [3.63, 3.8) is 0 Å². The summed E-state index contributed by atoms with van der Waals surface area (Å²) >= 11 is 0. The SMILES string of the molecule is CCNC(=NCCS(=O)Cc1ccccc1)N1CCN(C(C)C(=O)N2CCCC2)CC1.I. The standard InChI is InChI=1S/C23H37N5O2S.HI/c1-3-24-23(25-11-18-31(30)19-21-9-5-4-6-10-21)28-16-14-26(15-17-28)20(2)22(29)27-12-7-8-13-27;/h4-6,9-10,20H,3,7-8,11-19H2,1-2H3,(H,24,25);1H. The van der Waals surface area contributed by atoms with Crippen molar-refractivity contribution >= 4 is 46.6 Å². The fourth-order valence-electron chi connectivity index (χ4n) is 4.19. The summed E-state index contributed by atoms with van der Waals surface area (Å²) in [6, 6.07) is 9.91. The van der Waals surface area contributed by atoms with Crippen LogP contribution >= 0.6 is 24.0 Å². The van der Waals surface area contributed by atoms with Gasteiger partial charge in [-0.2, -0.15) is 0 Å². The summed E-state index contributed by atoms with van der Waals surface area (Å²) in [5.74, 6) is 2.30. The molecule has 0 spiro atoms. The Morgan fingerprint density at radius 3 is 2.34 bits per heavy atom. The highest BCUT2D eigenvalue weighted by Gasteiger charge is 2.30. The van der Waals surface area contributed by atoms with Gasteiger partial charge in [0.2, 0.25) is 5.91 Å². The lowest BCUT2D eigenvalue weighted by Crippen LogP contribution is -2.57. The maximum Gasteiger partial charge on any atom is 0.239 e. The first-order valence-corrected chi connectivity index (χ1v) is 13.0. The number of piperazine rings is 1. The van der Waals surface area contributed by atoms with Gasteiger partial charge >= 0.3 is 0 Å². The molecule has 1 aromatic carbocycles. The Morgan fingerprint density at radius 2 is 1.72 bits per heavy atom. The van der Waals surface area contributed by atoms with Gasteiger partial charge in [-0.1, -0.05) is 30.3 Å². The lowest BCUT2D eigenvalue weighted by Gasteiger charge is -2.39. The van der Waals surface area contributed by atoms with E-state index in [0.29, 0.717) is 18.1 Å². The third-order valence-corrected chi connectivity index (χ3v) is 7.32. The van der Waals surface area contributed by atoms with E-state index >= 15 is 0 Å². The van der Waals surface area contributed by atoms with E-state index in [2.05, 4.69) is 22.0 Å². The fourth-order valence-corrected chi connectivity index (χ4v) is 5.19. The Kier molecular flexibility index (Phi) is 12.0. The van der Waals surface area contributed by atoms with E-state index in [4.69, 9.17) is 4.99 Å². The molecule has 2 heterocycles. The molecule has 2 saturated heterocycles. The molecule has 2 aliphatic rings. The quantitative estimate of drug-likeness (QED) is 0.293. The summed E-state index contributed by atoms with van der Waals surface area (Å²) in [6.07, 6.45) is 2.26. The number of rotatable bonds is 8. The summed E-state index contributed by atoms with van der Waals surface area (Å²) in [4.78, 5) is 24.0. The van der Waals surface area contributed by atoms with Gasteiger partial charge in [0.15, 0.2) is 5.96 Å². The number of guanidine groups is 1. The van der Waals surface area contributed by atoms with Gasteiger partial charge in [0.05, 0.1) is 12.6 Å². The normalized spacial score (nSPS) is 19.4. The first kappa shape index (κ1) is 27.0. The fraction of sp³-hybridized carbons (Fsp3) is 0.652. The maximum absolute atomic E-state index is 12.7. The molecule has 180 valence electrons. The predicted octanol–water partition coefficient (Wildman–Crippen LogP) is 2.15. The Morgan fingerprint density at radius 1 is 1.06 bits per heavy atom. The smallest absolute Gasteiger partial charge is 0.239 e. The van der Waals surface area contributed by atoms with Crippen molar-refractivity contribution in [2.75, 3.05) is 58.1 Å². The number of halogens is 1. The zero-order chi connectivity index (χ0) is 22.1. The molecular weight excluding hydrogens is 537 g/mol. The molecule has 7 nitrogen and oxygen atoms in total. The van der Waals surface area contributed by atoms with Crippen LogP contribution in [-0.2, 0) is 21.3 Å². The molecule has 0 aromatic heterocycles. The molecule has 0 saturated carbocycles. The number of amides is 1. The molecule has 3 rings (SSSR count). The number of benzene rings is 1. The molecule has 32 heavy (non-hydrogen) atoms. The third-order valence-electron chi connectivity index (χ3n) is 6.02. The van der Waals surface area contributed by atoms with Crippen molar-refractivity contribution in [3.05, 3.63) is 35.9 Å². The van der Waals surface area contributed by atoms with Gasteiger partial charge in [0, 0.05) is 68.1 Å². The topological polar surface area (TPSA) is 68.2 Å². The second-order valence-electron chi connectivity index (χ2n) is 8.24. The van der Waals surface area contributed by atoms with Crippen LogP contribution in [0.1, 0.15) is 32.3 Å². The summed E-state index contributed by atoms with van der Waals surface area (Å²) < 4.78 is 12.4. The second-order valence-corrected chi connectivity index (χ2v) is 9.82. The Labute approximate surface area is 212 Å². The lowest BCUT2D eigenvalue weighted by atomic mass is 10.2. The second kappa shape index (κ2) is 14.1. The minimum atomic E-state index is -0.919. The number of hydrogen-bond acceptors (Lipinski definition) is 4. The van der Waals surface area contributed by atoms with E-state index in [-0.39, 0.29) is 35.9 Å². The van der Waals surface area contributed by atoms with Gasteiger partial charge in [0.25, 0.3) is 0 Å². The molecule has 1 N–H and O–H groups in total. The van der Waals surface area contributed by atoms with Crippen LogP contribution in [0.5, 0.6) is 0 Å². The highest BCUT2D eigenvalue weighted by Crippen LogP contribution is 2.14. The molecule has 2 fully saturated rings. The van der Waals surface area contributed by atoms with Crippen LogP contribution in [0, 0.1) is 0 Å². The van der Waals surface area contributed by atoms with Gasteiger partial charge in [0.1, 0.15) is 0 Å². The van der Waals surface area contributed by atoms with Crippen LogP contribution in [0.3, 0.4) is 0 Å². The number of nitrogens with zero attached hydrogens (tertiary/aromatic N) is 4. The van der Waals surface area contributed by atoms with E-state index in [1.807, 2.05) is 42.2 Å². The van der Waals surface area contributed by atoms with Crippen LogP contribution in [0.4, 0.5) is 0 Å². The number of likely N-dealkylation sites (tertiary alicyclic amines) is 1. The first-order chi connectivity index (χ1) is 15.1. The number of aliphatic imine (C=N–C) groups is 1. The van der Waals surface area contributed by atoms with Crippen molar-refractivity contribution in [1.82, 2.24) is 20.0 Å². The maximum atomic E-state index is 12.7. The average molecular weight is 576 g/mol. The van der Waals surface area contributed by atoms with E-state index < -0.39 is 10.8 Å². The van der Waals surface area contributed by atoms with Crippen molar-refractivity contribution in [1.29, 1.82) is 0 Å². The van der Waals surface area contributed by atoms with Gasteiger partial charge < -0.3 is 15.1 Å². The summed E-state index contributed by atoms with van der Waals surface area (Å²) in [6.45, 7) is 10.7. The van der Waals surface area contributed by atoms with Gasteiger partial charge in [-0.3, -0.25) is 18.9 Å². The molecule has 2 unspecified atom stereocenters. The molecule has 2 atom stereocenters. The summed E-state index contributed by atoms with van der Waals surface area (Å²) in [7, 11) is -0.919. The van der Waals surface area contributed by atoms with Gasteiger partial charge in [-0.15, -0.1) is 24.0 Å². The molecule has 0 radical (unpaired) electrons. The summed E-state index contributed by atoms with van der Waals surface area (Å²) in [5.41, 5.74) is 1.10. The largest absolute Gasteiger partial charge is 0.357 e. The van der Waals surface area contributed by atoms with Gasteiger partial charge in [-0.05, 0) is 32.3 Å². The number of nitrogens with one attached hydrogen (secondary N) is 1. The van der Waals surface area contributed by atoms with Crippen LogP contribution in [0.25, 0.3) is 0 Å². The molecule has 2 aliphatic heterocycles. The molecule has 1 amide bonds. The average Bonchev–Trinajstić information content (AvgIpc) is 3.33. The molecular formula is C23H38IN5O2S. The van der Waals surface area contributed by atoms with Crippen LogP contribution in [0.15, 0.2) is 35.3 Å². The van der Waals surface area contributed by atoms with Crippen LogP contribution in [-0.4, -0.2) is 94.9 Å². The molecule has 1 aromatic rings. The zero-order valence-corrected chi connectivity index (χ0v) is 22.5. The summed E-state index contributed by atoms with van der Waals surface area (Å²) in [5, 5.41) is 3.37. The van der Waals surface area contributed by atoms with E-state index in [0.717, 1.165) is 70.2 Å². The van der Waals surface area contributed by atoms with Crippen molar-refractivity contribution in [3.8, 4) is 0 Å². The van der Waals surface area contributed by atoms with Crippen LogP contribution < -0.4 is 5.32 Å². The Balaban J connectivity index is 0.00000363. The van der Waals surface area contributed by atoms with Crippen molar-refractivity contribution in [2.45, 2.75) is 38.5 Å². The third kappa shape index (κ3) is 7.98. The molecule has 0 aliphatic carbocycles. The minimum absolute atomic E-state index is 0. The van der Waals surface area contributed by atoms with Crippen molar-refractivity contribution < 1.29 is 9.00 Å². The monoisotopic (exact) mass is 575 g/mol. The minimum Gasteiger partial charge on any atom is -0.357 e.